The molecule has 45 heavy (non-hydrogen) atoms. The van der Waals surface area contributed by atoms with Gasteiger partial charge in [0, 0.05) is 50.8 Å². The fourth-order valence-electron chi connectivity index (χ4n) is 7.52. The minimum atomic E-state index is -3.17. The summed E-state index contributed by atoms with van der Waals surface area (Å²) in [6.45, 7) is 14.5. The van der Waals surface area contributed by atoms with Crippen LogP contribution in [0.5, 0.6) is 11.5 Å². The van der Waals surface area contributed by atoms with Crippen molar-refractivity contribution >= 4 is 21.7 Å². The maximum atomic E-state index is 14.3. The normalized spacial score (nSPS) is 20.6. The van der Waals surface area contributed by atoms with Gasteiger partial charge in [-0.05, 0) is 95.8 Å². The zero-order chi connectivity index (χ0) is 32.4. The average molecular weight is 645 g/mol. The first-order valence-electron chi connectivity index (χ1n) is 16.5. The molecule has 1 aromatic carbocycles. The predicted octanol–water partition coefficient (Wildman–Crippen LogP) is 5.07. The number of sulfonamides is 1. The highest BCUT2D eigenvalue weighted by Crippen LogP contribution is 2.45. The van der Waals surface area contributed by atoms with Crippen LogP contribution in [0.15, 0.2) is 30.7 Å². The molecule has 3 fully saturated rings. The number of halogens is 1. The number of likely N-dealkylation sites (tertiary alicyclic amines) is 1. The van der Waals surface area contributed by atoms with E-state index < -0.39 is 15.8 Å². The van der Waals surface area contributed by atoms with Gasteiger partial charge < -0.3 is 19.4 Å². The molecule has 1 aliphatic carbocycles. The van der Waals surface area contributed by atoms with E-state index >= 15 is 0 Å². The molecule has 0 radical (unpaired) electrons. The molecule has 1 amide bonds. The first-order valence-corrected chi connectivity index (χ1v) is 18.1. The molecule has 5 rings (SSSR count). The fraction of sp³-hybridized carbons (Fsp3) is 0.667. The summed E-state index contributed by atoms with van der Waals surface area (Å²) in [5.41, 5.74) is 0.495. The SMILES string of the molecule is CCCS(=O)(=O)NC1CCC2(CC1)CN(C[C@@H]1CCN(c3ncncc3Oc3ccc(F)cc3C(=O)N(C(C)C)C(C)C)C1)C2. The second-order valence-corrected chi connectivity index (χ2v) is 15.7. The standard InChI is InChI=1S/C33H49FN6O4S/c1-6-15-45(42,43)37-27-9-12-33(13-10-27)20-38(21-33)18-25-11-14-39(19-25)31-30(17-35-22-36-31)44-29-8-7-26(34)16-28(29)32(41)40(23(2)3)24(4)5/h7-8,16-17,22-25,27,37H,6,9-15,18-21H2,1-5H3/t25-/m0/s1. The van der Waals surface area contributed by atoms with E-state index in [2.05, 4.69) is 24.5 Å². The van der Waals surface area contributed by atoms with Crippen LogP contribution in [0, 0.1) is 17.2 Å². The highest BCUT2D eigenvalue weighted by Gasteiger charge is 2.46. The number of ether oxygens (including phenoxy) is 1. The number of nitrogens with zero attached hydrogens (tertiary/aromatic N) is 5. The summed E-state index contributed by atoms with van der Waals surface area (Å²) in [7, 11) is -3.17. The van der Waals surface area contributed by atoms with Crippen molar-refractivity contribution in [3.63, 3.8) is 0 Å². The van der Waals surface area contributed by atoms with Crippen molar-refractivity contribution in [3.8, 4) is 11.5 Å². The Morgan fingerprint density at radius 3 is 2.51 bits per heavy atom. The molecule has 2 aliphatic heterocycles. The molecule has 12 heteroatoms. The number of rotatable bonds is 12. The molecule has 1 N–H and O–H groups in total. The monoisotopic (exact) mass is 644 g/mol. The van der Waals surface area contributed by atoms with Gasteiger partial charge in [0.2, 0.25) is 10.0 Å². The van der Waals surface area contributed by atoms with Crippen molar-refractivity contribution in [1.29, 1.82) is 0 Å². The lowest BCUT2D eigenvalue weighted by atomic mass is 9.67. The molecule has 1 aromatic heterocycles. The summed E-state index contributed by atoms with van der Waals surface area (Å²) < 4.78 is 47.9. The lowest BCUT2D eigenvalue weighted by Gasteiger charge is -2.54. The molecule has 10 nitrogen and oxygen atoms in total. The predicted molar refractivity (Wildman–Crippen MR) is 174 cm³/mol. The van der Waals surface area contributed by atoms with Crippen LogP contribution in [-0.2, 0) is 10.0 Å². The summed E-state index contributed by atoms with van der Waals surface area (Å²) in [5, 5.41) is 0. The highest BCUT2D eigenvalue weighted by atomic mass is 32.2. The van der Waals surface area contributed by atoms with Crippen molar-refractivity contribution in [2.24, 2.45) is 11.3 Å². The van der Waals surface area contributed by atoms with Crippen molar-refractivity contribution in [3.05, 3.63) is 42.1 Å². The maximum Gasteiger partial charge on any atom is 0.258 e. The molecule has 1 spiro atoms. The number of anilines is 1. The van der Waals surface area contributed by atoms with E-state index in [1.807, 2.05) is 34.6 Å². The Balaban J connectivity index is 1.18. The molecular formula is C33H49FN6O4S. The third-order valence-corrected chi connectivity index (χ3v) is 11.1. The molecule has 1 saturated carbocycles. The Bertz CT molecular complexity index is 1430. The lowest BCUT2D eigenvalue weighted by molar-refractivity contribution is -0.0386. The van der Waals surface area contributed by atoms with Gasteiger partial charge in [-0.15, -0.1) is 0 Å². The van der Waals surface area contributed by atoms with E-state index in [9.17, 15) is 17.6 Å². The lowest BCUT2D eigenvalue weighted by Crippen LogP contribution is -2.59. The van der Waals surface area contributed by atoms with Crippen LogP contribution in [0.3, 0.4) is 0 Å². The van der Waals surface area contributed by atoms with Crippen LogP contribution < -0.4 is 14.4 Å². The Kier molecular flexibility index (Phi) is 10.3. The second kappa shape index (κ2) is 13.9. The molecule has 0 bridgehead atoms. The Morgan fingerprint density at radius 1 is 1.13 bits per heavy atom. The van der Waals surface area contributed by atoms with Crippen LogP contribution in [-0.4, -0.2) is 90.7 Å². The number of hydrogen-bond donors (Lipinski definition) is 1. The molecule has 1 atom stereocenters. The van der Waals surface area contributed by atoms with Gasteiger partial charge in [-0.2, -0.15) is 0 Å². The fourth-order valence-corrected chi connectivity index (χ4v) is 8.92. The summed E-state index contributed by atoms with van der Waals surface area (Å²) in [6, 6.07) is 3.98. The number of amides is 1. The number of carbonyl (C=O) groups excluding carboxylic acids is 1. The maximum absolute atomic E-state index is 14.3. The van der Waals surface area contributed by atoms with Gasteiger partial charge in [-0.3, -0.25) is 4.79 Å². The summed E-state index contributed by atoms with van der Waals surface area (Å²) in [4.78, 5) is 28.7. The average Bonchev–Trinajstić information content (AvgIpc) is 3.42. The number of nitrogens with one attached hydrogen (secondary N) is 1. The summed E-state index contributed by atoms with van der Waals surface area (Å²) in [6.07, 6.45) is 8.75. The molecule has 0 unspecified atom stereocenters. The van der Waals surface area contributed by atoms with Gasteiger partial charge >= 0.3 is 0 Å². The Hall–Kier alpha value is -2.83. The summed E-state index contributed by atoms with van der Waals surface area (Å²) in [5.74, 6) is 1.29. The van der Waals surface area contributed by atoms with E-state index in [1.54, 1.807) is 11.1 Å². The van der Waals surface area contributed by atoms with E-state index in [1.165, 1.54) is 24.5 Å². The summed E-state index contributed by atoms with van der Waals surface area (Å²) >= 11 is 0. The quantitative estimate of drug-likeness (QED) is 0.342. The molecule has 248 valence electrons. The number of aromatic nitrogens is 2. The minimum absolute atomic E-state index is 0.0616. The first-order chi connectivity index (χ1) is 21.4. The van der Waals surface area contributed by atoms with Crippen molar-refractivity contribution in [2.45, 2.75) is 91.3 Å². The molecule has 3 heterocycles. The van der Waals surface area contributed by atoms with Gasteiger partial charge in [-0.1, -0.05) is 6.92 Å². The van der Waals surface area contributed by atoms with Crippen LogP contribution in [0.2, 0.25) is 0 Å². The van der Waals surface area contributed by atoms with Crippen LogP contribution in [0.4, 0.5) is 10.2 Å². The zero-order valence-corrected chi connectivity index (χ0v) is 28.2. The van der Waals surface area contributed by atoms with E-state index in [4.69, 9.17) is 4.74 Å². The molecule has 3 aliphatic rings. The van der Waals surface area contributed by atoms with Gasteiger partial charge in [0.25, 0.3) is 5.91 Å². The van der Waals surface area contributed by atoms with E-state index in [0.29, 0.717) is 29.3 Å². The van der Waals surface area contributed by atoms with Gasteiger partial charge in [-0.25, -0.2) is 27.5 Å². The van der Waals surface area contributed by atoms with Crippen LogP contribution in [0.1, 0.15) is 83.5 Å². The molecule has 2 saturated heterocycles. The van der Waals surface area contributed by atoms with Crippen molar-refractivity contribution in [1.82, 2.24) is 24.5 Å². The largest absolute Gasteiger partial charge is 0.451 e. The smallest absolute Gasteiger partial charge is 0.258 e. The number of benzene rings is 1. The number of carbonyl (C=O) groups is 1. The van der Waals surface area contributed by atoms with Crippen molar-refractivity contribution < 1.29 is 22.3 Å². The van der Waals surface area contributed by atoms with Crippen molar-refractivity contribution in [2.75, 3.05) is 43.4 Å². The topological polar surface area (TPSA) is 108 Å². The Morgan fingerprint density at radius 2 is 1.84 bits per heavy atom. The van der Waals surface area contributed by atoms with Crippen LogP contribution in [0.25, 0.3) is 0 Å². The zero-order valence-electron chi connectivity index (χ0n) is 27.3. The Labute approximate surface area is 267 Å². The molecular weight excluding hydrogens is 595 g/mol. The van der Waals surface area contributed by atoms with Gasteiger partial charge in [0.15, 0.2) is 11.6 Å². The molecule has 2 aromatic rings. The third kappa shape index (κ3) is 7.94. The van der Waals surface area contributed by atoms with Gasteiger partial charge in [0.1, 0.15) is 17.9 Å². The highest BCUT2D eigenvalue weighted by molar-refractivity contribution is 7.89. The second-order valence-electron chi connectivity index (χ2n) is 13.8. The van der Waals surface area contributed by atoms with E-state index in [-0.39, 0.29) is 41.1 Å². The number of hydrogen-bond acceptors (Lipinski definition) is 8. The third-order valence-electron chi connectivity index (χ3n) is 9.48. The van der Waals surface area contributed by atoms with Gasteiger partial charge in [0.05, 0.1) is 17.5 Å². The minimum Gasteiger partial charge on any atom is -0.451 e. The van der Waals surface area contributed by atoms with E-state index in [0.717, 1.165) is 64.8 Å². The first kappa shape index (κ1) is 33.5. The van der Waals surface area contributed by atoms with Crippen LogP contribution >= 0.6 is 0 Å².